The van der Waals surface area contributed by atoms with Crippen molar-refractivity contribution in [1.29, 1.82) is 0 Å². The van der Waals surface area contributed by atoms with E-state index in [2.05, 4.69) is 27.2 Å². The molecule has 2 aliphatic heterocycles. The van der Waals surface area contributed by atoms with E-state index >= 15 is 0 Å². The van der Waals surface area contributed by atoms with Gasteiger partial charge in [0, 0.05) is 18.7 Å². The summed E-state index contributed by atoms with van der Waals surface area (Å²) in [6.45, 7) is 4.12. The molecule has 6 nitrogen and oxygen atoms in total. The van der Waals surface area contributed by atoms with Crippen molar-refractivity contribution in [2.45, 2.75) is 45.1 Å². The third-order valence-electron chi connectivity index (χ3n) is 5.20. The van der Waals surface area contributed by atoms with E-state index in [0.29, 0.717) is 12.4 Å². The number of aromatic nitrogens is 2. The second-order valence-electron chi connectivity index (χ2n) is 6.81. The molecule has 0 bridgehead atoms. The zero-order valence-corrected chi connectivity index (χ0v) is 14.6. The Kier molecular flexibility index (Phi) is 4.53. The van der Waals surface area contributed by atoms with E-state index in [1.807, 2.05) is 24.0 Å². The van der Waals surface area contributed by atoms with Gasteiger partial charge in [-0.25, -0.2) is 0 Å². The van der Waals surface area contributed by atoms with Crippen molar-refractivity contribution in [3.63, 3.8) is 0 Å². The van der Waals surface area contributed by atoms with Crippen LogP contribution in [0, 0.1) is 0 Å². The minimum Gasteiger partial charge on any atom is -0.339 e. The van der Waals surface area contributed by atoms with E-state index in [1.54, 1.807) is 0 Å². The van der Waals surface area contributed by atoms with Crippen molar-refractivity contribution in [3.05, 3.63) is 41.5 Å². The number of anilines is 1. The molecule has 4 rings (SSSR count). The minimum atomic E-state index is 0.0908. The first-order chi connectivity index (χ1) is 12.3. The molecular weight excluding hydrogens is 316 g/mol. The lowest BCUT2D eigenvalue weighted by Crippen LogP contribution is -2.42. The van der Waals surface area contributed by atoms with Crippen LogP contribution in [0.5, 0.6) is 0 Å². The van der Waals surface area contributed by atoms with Gasteiger partial charge in [-0.2, -0.15) is 4.98 Å². The van der Waals surface area contributed by atoms with Crippen LogP contribution in [0.4, 0.5) is 5.69 Å². The van der Waals surface area contributed by atoms with Crippen LogP contribution in [0.2, 0.25) is 0 Å². The van der Waals surface area contributed by atoms with Crippen LogP contribution >= 0.6 is 0 Å². The van der Waals surface area contributed by atoms with Crippen molar-refractivity contribution < 1.29 is 9.32 Å². The molecule has 0 radical (unpaired) electrons. The van der Waals surface area contributed by atoms with E-state index in [0.717, 1.165) is 56.7 Å². The van der Waals surface area contributed by atoms with Crippen LogP contribution < -0.4 is 4.90 Å². The maximum atomic E-state index is 13.0. The van der Waals surface area contributed by atoms with E-state index in [4.69, 9.17) is 4.52 Å². The molecule has 0 spiro atoms. The Morgan fingerprint density at radius 2 is 2.16 bits per heavy atom. The molecule has 6 heteroatoms. The summed E-state index contributed by atoms with van der Waals surface area (Å²) >= 11 is 0. The fraction of sp³-hybridized carbons (Fsp3) is 0.526. The number of para-hydroxylation sites is 1. The summed E-state index contributed by atoms with van der Waals surface area (Å²) in [5, 5.41) is 4.12. The van der Waals surface area contributed by atoms with Crippen LogP contribution in [-0.2, 0) is 17.6 Å². The number of benzene rings is 1. The summed E-state index contributed by atoms with van der Waals surface area (Å²) in [7, 11) is 0. The monoisotopic (exact) mass is 340 g/mol. The predicted octanol–water partition coefficient (Wildman–Crippen LogP) is 2.75. The number of hydrogen-bond donors (Lipinski definition) is 0. The van der Waals surface area contributed by atoms with Gasteiger partial charge in [-0.15, -0.1) is 0 Å². The maximum absolute atomic E-state index is 13.0. The number of aryl methyl sites for hydroxylation is 2. The van der Waals surface area contributed by atoms with Gasteiger partial charge in [-0.3, -0.25) is 9.69 Å². The molecule has 2 aliphatic rings. The van der Waals surface area contributed by atoms with Gasteiger partial charge in [0.1, 0.15) is 0 Å². The molecule has 1 fully saturated rings. The molecule has 3 heterocycles. The van der Waals surface area contributed by atoms with E-state index in [1.165, 1.54) is 5.56 Å². The molecule has 0 unspecified atom stereocenters. The van der Waals surface area contributed by atoms with Gasteiger partial charge in [0.25, 0.3) is 0 Å². The van der Waals surface area contributed by atoms with Crippen molar-refractivity contribution in [2.75, 3.05) is 24.5 Å². The molecule has 0 saturated carbocycles. The lowest BCUT2D eigenvalue weighted by Gasteiger charge is -2.31. The van der Waals surface area contributed by atoms with Crippen LogP contribution in [0.1, 0.15) is 49.5 Å². The smallest absolute Gasteiger partial charge is 0.241 e. The van der Waals surface area contributed by atoms with Gasteiger partial charge in [0.15, 0.2) is 5.82 Å². The van der Waals surface area contributed by atoms with E-state index in [9.17, 15) is 4.79 Å². The highest BCUT2D eigenvalue weighted by atomic mass is 16.5. The molecule has 2 aromatic rings. The van der Waals surface area contributed by atoms with Crippen molar-refractivity contribution in [1.82, 2.24) is 15.0 Å². The van der Waals surface area contributed by atoms with Gasteiger partial charge >= 0.3 is 0 Å². The quantitative estimate of drug-likeness (QED) is 0.856. The number of fused-ring (bicyclic) bond motifs is 1. The largest absolute Gasteiger partial charge is 0.339 e. The third-order valence-corrected chi connectivity index (χ3v) is 5.20. The van der Waals surface area contributed by atoms with Crippen LogP contribution in [-0.4, -0.2) is 40.6 Å². The number of carbonyl (C=O) groups is 1. The first-order valence-corrected chi connectivity index (χ1v) is 9.21. The SMILES string of the molecule is CCc1nc([C@H]2CCCN2CC(=O)N2CCCc3ccccc32)no1. The Morgan fingerprint density at radius 1 is 1.28 bits per heavy atom. The summed E-state index contributed by atoms with van der Waals surface area (Å²) in [6.07, 6.45) is 4.85. The van der Waals surface area contributed by atoms with E-state index < -0.39 is 0 Å². The average molecular weight is 340 g/mol. The molecule has 1 aromatic heterocycles. The molecule has 132 valence electrons. The highest BCUT2D eigenvalue weighted by Gasteiger charge is 2.33. The Balaban J connectivity index is 1.49. The van der Waals surface area contributed by atoms with Gasteiger partial charge < -0.3 is 9.42 Å². The van der Waals surface area contributed by atoms with E-state index in [-0.39, 0.29) is 11.9 Å². The number of rotatable bonds is 4. The standard InChI is InChI=1S/C19H24N4O2/c1-2-17-20-19(21-25-17)16-10-6-11-22(16)13-18(24)23-12-5-8-14-7-3-4-9-15(14)23/h3-4,7,9,16H,2,5-6,8,10-13H2,1H3/t16-/m1/s1. The maximum Gasteiger partial charge on any atom is 0.241 e. The number of hydrogen-bond acceptors (Lipinski definition) is 5. The number of carbonyl (C=O) groups excluding carboxylic acids is 1. The van der Waals surface area contributed by atoms with Gasteiger partial charge in [-0.1, -0.05) is 30.3 Å². The van der Waals surface area contributed by atoms with Crippen molar-refractivity contribution in [2.24, 2.45) is 0 Å². The lowest BCUT2D eigenvalue weighted by atomic mass is 10.0. The van der Waals surface area contributed by atoms with Gasteiger partial charge in [0.05, 0.1) is 12.6 Å². The molecule has 1 amide bonds. The normalized spacial score (nSPS) is 20.7. The predicted molar refractivity (Wildman–Crippen MR) is 94.3 cm³/mol. The van der Waals surface area contributed by atoms with Crippen LogP contribution in [0.25, 0.3) is 0 Å². The van der Waals surface area contributed by atoms with Gasteiger partial charge in [0.2, 0.25) is 11.8 Å². The van der Waals surface area contributed by atoms with Crippen molar-refractivity contribution >= 4 is 11.6 Å². The molecule has 1 atom stereocenters. The lowest BCUT2D eigenvalue weighted by molar-refractivity contribution is -0.120. The average Bonchev–Trinajstić information content (AvgIpc) is 3.30. The zero-order valence-electron chi connectivity index (χ0n) is 14.6. The second-order valence-corrected chi connectivity index (χ2v) is 6.81. The first-order valence-electron chi connectivity index (χ1n) is 9.21. The van der Waals surface area contributed by atoms with Crippen molar-refractivity contribution in [3.8, 4) is 0 Å². The molecule has 0 N–H and O–H groups in total. The highest BCUT2D eigenvalue weighted by molar-refractivity contribution is 5.96. The fourth-order valence-electron chi connectivity index (χ4n) is 3.91. The molecule has 25 heavy (non-hydrogen) atoms. The fourth-order valence-corrected chi connectivity index (χ4v) is 3.91. The summed E-state index contributed by atoms with van der Waals surface area (Å²) in [4.78, 5) is 21.6. The summed E-state index contributed by atoms with van der Waals surface area (Å²) in [5.74, 6) is 1.55. The first kappa shape index (κ1) is 16.3. The summed E-state index contributed by atoms with van der Waals surface area (Å²) in [5.41, 5.74) is 2.34. The Morgan fingerprint density at radius 3 is 3.00 bits per heavy atom. The Hall–Kier alpha value is -2.21. The molecule has 1 saturated heterocycles. The van der Waals surface area contributed by atoms with Gasteiger partial charge in [-0.05, 0) is 43.9 Å². The Labute approximate surface area is 147 Å². The number of amides is 1. The number of likely N-dealkylation sites (tertiary alicyclic amines) is 1. The van der Waals surface area contributed by atoms with Crippen LogP contribution in [0.15, 0.2) is 28.8 Å². The van der Waals surface area contributed by atoms with Crippen LogP contribution in [0.3, 0.4) is 0 Å². The zero-order chi connectivity index (χ0) is 17.2. The third kappa shape index (κ3) is 3.18. The Bertz CT molecular complexity index is 757. The molecule has 0 aliphatic carbocycles. The topological polar surface area (TPSA) is 62.5 Å². The minimum absolute atomic E-state index is 0.0908. The summed E-state index contributed by atoms with van der Waals surface area (Å²) in [6, 6.07) is 8.33. The summed E-state index contributed by atoms with van der Waals surface area (Å²) < 4.78 is 5.26. The second kappa shape index (κ2) is 6.96. The molecule has 1 aromatic carbocycles. The highest BCUT2D eigenvalue weighted by Crippen LogP contribution is 2.31. The number of nitrogens with zero attached hydrogens (tertiary/aromatic N) is 4. The molecular formula is C19H24N4O2.